The molecule has 0 unspecified atom stereocenters. The second kappa shape index (κ2) is 10.6. The van der Waals surface area contributed by atoms with Crippen molar-refractivity contribution in [2.75, 3.05) is 18.5 Å². The molecule has 1 aromatic heterocycles. The van der Waals surface area contributed by atoms with Gasteiger partial charge in [0.1, 0.15) is 6.54 Å². The molecule has 172 valence electrons. The summed E-state index contributed by atoms with van der Waals surface area (Å²) in [6.45, 7) is 2.73. The number of benzene rings is 1. The van der Waals surface area contributed by atoms with Crippen LogP contribution in [0.1, 0.15) is 29.8 Å². The van der Waals surface area contributed by atoms with Crippen molar-refractivity contribution in [3.63, 3.8) is 0 Å². The molecule has 32 heavy (non-hydrogen) atoms. The molecule has 0 spiro atoms. The molecule has 8 nitrogen and oxygen atoms in total. The number of carbonyl (C=O) groups is 3. The van der Waals surface area contributed by atoms with E-state index >= 15 is 0 Å². The molecule has 0 aliphatic heterocycles. The van der Waals surface area contributed by atoms with Gasteiger partial charge in [0, 0.05) is 18.8 Å². The lowest BCUT2D eigenvalue weighted by molar-refractivity contribution is -0.148. The highest BCUT2D eigenvalue weighted by molar-refractivity contribution is 6.04. The maximum Gasteiger partial charge on any atom is 0.417 e. The van der Waals surface area contributed by atoms with Gasteiger partial charge >= 0.3 is 12.1 Å². The number of carbonyl (C=O) groups excluding carboxylic acids is 3. The number of ether oxygens (including phenoxy) is 1. The summed E-state index contributed by atoms with van der Waals surface area (Å²) < 4.78 is 43.6. The smallest absolute Gasteiger partial charge is 0.417 e. The molecule has 0 saturated carbocycles. The Labute approximate surface area is 181 Å². The van der Waals surface area contributed by atoms with E-state index in [-0.39, 0.29) is 17.2 Å². The molecule has 0 aliphatic rings. The van der Waals surface area contributed by atoms with E-state index in [1.54, 1.807) is 12.1 Å². The maximum absolute atomic E-state index is 12.8. The number of nitrogens with zero attached hydrogens (tertiary/aromatic N) is 1. The number of para-hydroxylation sites is 1. The van der Waals surface area contributed by atoms with Crippen molar-refractivity contribution in [3.05, 3.63) is 64.1 Å². The monoisotopic (exact) mass is 453 g/mol. The van der Waals surface area contributed by atoms with Crippen LogP contribution in [0.2, 0.25) is 0 Å². The number of amides is 2. The Morgan fingerprint density at radius 2 is 1.78 bits per heavy atom. The summed E-state index contributed by atoms with van der Waals surface area (Å²) in [7, 11) is 0. The highest BCUT2D eigenvalue weighted by atomic mass is 19.4. The van der Waals surface area contributed by atoms with E-state index in [0.717, 1.165) is 0 Å². The minimum Gasteiger partial charge on any atom is -0.454 e. The van der Waals surface area contributed by atoms with E-state index in [0.29, 0.717) is 29.4 Å². The summed E-state index contributed by atoms with van der Waals surface area (Å²) in [5.74, 6) is -2.01. The zero-order valence-corrected chi connectivity index (χ0v) is 17.4. The van der Waals surface area contributed by atoms with E-state index < -0.39 is 48.2 Å². The summed E-state index contributed by atoms with van der Waals surface area (Å²) in [5.41, 5.74) is -1.53. The Morgan fingerprint density at radius 1 is 1.09 bits per heavy atom. The Hall–Kier alpha value is -3.63. The van der Waals surface area contributed by atoms with Crippen molar-refractivity contribution in [3.8, 4) is 0 Å². The van der Waals surface area contributed by atoms with E-state index in [4.69, 9.17) is 4.74 Å². The van der Waals surface area contributed by atoms with Gasteiger partial charge in [-0.2, -0.15) is 13.2 Å². The molecule has 1 aromatic carbocycles. The number of hydrogen-bond acceptors (Lipinski definition) is 5. The summed E-state index contributed by atoms with van der Waals surface area (Å²) >= 11 is 0. The molecular formula is C21H22F3N3O5. The number of anilines is 1. The molecule has 2 aromatic rings. The number of esters is 1. The highest BCUT2D eigenvalue weighted by Crippen LogP contribution is 2.28. The van der Waals surface area contributed by atoms with Crippen molar-refractivity contribution >= 4 is 23.5 Å². The fourth-order valence-electron chi connectivity index (χ4n) is 2.52. The first kappa shape index (κ1) is 24.6. The Kier molecular flexibility index (Phi) is 8.16. The number of rotatable bonds is 8. The van der Waals surface area contributed by atoms with Crippen molar-refractivity contribution in [1.82, 2.24) is 9.88 Å². The Balaban J connectivity index is 1.96. The van der Waals surface area contributed by atoms with Crippen LogP contribution in [0.15, 0.2) is 47.4 Å². The van der Waals surface area contributed by atoms with E-state index in [2.05, 4.69) is 10.6 Å². The lowest BCUT2D eigenvalue weighted by Crippen LogP contribution is -2.30. The van der Waals surface area contributed by atoms with Gasteiger partial charge in [0.25, 0.3) is 17.4 Å². The quantitative estimate of drug-likeness (QED) is 0.598. The highest BCUT2D eigenvalue weighted by Gasteiger charge is 2.31. The molecule has 2 rings (SSSR count). The first-order chi connectivity index (χ1) is 15.0. The lowest BCUT2D eigenvalue weighted by atomic mass is 10.1. The fourth-order valence-corrected chi connectivity index (χ4v) is 2.52. The van der Waals surface area contributed by atoms with Crippen molar-refractivity contribution in [2.45, 2.75) is 26.6 Å². The number of nitrogens with one attached hydrogen (secondary N) is 2. The Morgan fingerprint density at radius 3 is 2.44 bits per heavy atom. The third-order valence-corrected chi connectivity index (χ3v) is 4.09. The van der Waals surface area contributed by atoms with Gasteiger partial charge < -0.3 is 19.9 Å². The molecule has 0 aliphatic carbocycles. The van der Waals surface area contributed by atoms with E-state index in [1.165, 1.54) is 12.1 Å². The predicted octanol–water partition coefficient (Wildman–Crippen LogP) is 2.43. The molecule has 2 amide bonds. The van der Waals surface area contributed by atoms with Gasteiger partial charge in [-0.1, -0.05) is 26.0 Å². The normalized spacial score (nSPS) is 11.2. The fraction of sp³-hybridized carbons (Fsp3) is 0.333. The second-order valence-electron chi connectivity index (χ2n) is 7.24. The molecule has 0 atom stereocenters. The van der Waals surface area contributed by atoms with Crippen molar-refractivity contribution in [2.24, 2.45) is 5.92 Å². The topological polar surface area (TPSA) is 106 Å². The average molecular weight is 453 g/mol. The number of aromatic nitrogens is 1. The van der Waals surface area contributed by atoms with Crippen LogP contribution in [0.25, 0.3) is 0 Å². The van der Waals surface area contributed by atoms with Crippen molar-refractivity contribution in [1.29, 1.82) is 0 Å². The van der Waals surface area contributed by atoms with E-state index in [1.807, 2.05) is 13.8 Å². The zero-order chi connectivity index (χ0) is 23.9. The van der Waals surface area contributed by atoms with Crippen LogP contribution < -0.4 is 16.2 Å². The zero-order valence-electron chi connectivity index (χ0n) is 17.4. The molecule has 0 fully saturated rings. The van der Waals surface area contributed by atoms with Crippen LogP contribution in [0.3, 0.4) is 0 Å². The Bertz CT molecular complexity index is 1050. The predicted molar refractivity (Wildman–Crippen MR) is 109 cm³/mol. The third kappa shape index (κ3) is 7.25. The number of pyridine rings is 1. The first-order valence-electron chi connectivity index (χ1n) is 9.57. The largest absolute Gasteiger partial charge is 0.454 e. The number of halogens is 3. The first-order valence-corrected chi connectivity index (χ1v) is 9.57. The van der Waals surface area contributed by atoms with Crippen molar-refractivity contribution < 1.29 is 32.3 Å². The maximum atomic E-state index is 12.8. The molecule has 0 bridgehead atoms. The van der Waals surface area contributed by atoms with Gasteiger partial charge in [-0.15, -0.1) is 0 Å². The van der Waals surface area contributed by atoms with Crippen LogP contribution in [0.5, 0.6) is 0 Å². The van der Waals surface area contributed by atoms with Gasteiger partial charge in [-0.25, -0.2) is 0 Å². The van der Waals surface area contributed by atoms with E-state index in [9.17, 15) is 32.3 Å². The molecule has 0 radical (unpaired) electrons. The van der Waals surface area contributed by atoms with Crippen LogP contribution in [-0.4, -0.2) is 35.5 Å². The van der Waals surface area contributed by atoms with Crippen LogP contribution in [0, 0.1) is 5.92 Å². The van der Waals surface area contributed by atoms with Gasteiger partial charge in [0.05, 0.1) is 16.8 Å². The molecule has 11 heteroatoms. The molecule has 1 heterocycles. The van der Waals surface area contributed by atoms with Crippen LogP contribution in [0.4, 0.5) is 18.9 Å². The average Bonchev–Trinajstić information content (AvgIpc) is 2.71. The SMILES string of the molecule is CC(C)CNC(=O)c1ccccc1NC(=O)COC(=O)Cn1cc(C(F)(F)F)ccc1=O. The summed E-state index contributed by atoms with van der Waals surface area (Å²) in [6, 6.07) is 7.51. The standard InChI is InChI=1S/C21H22F3N3O5/c1-13(2)9-25-20(31)15-5-3-4-6-16(15)26-17(28)12-32-19(30)11-27-10-14(21(22,23)24)7-8-18(27)29/h3-8,10,13H,9,11-12H2,1-2H3,(H,25,31)(H,26,28). The van der Waals surface area contributed by atoms with Gasteiger partial charge in [-0.3, -0.25) is 19.2 Å². The third-order valence-electron chi connectivity index (χ3n) is 4.09. The summed E-state index contributed by atoms with van der Waals surface area (Å²) in [5, 5.41) is 5.17. The summed E-state index contributed by atoms with van der Waals surface area (Å²) in [4.78, 5) is 48.0. The molecule has 0 saturated heterocycles. The molecule has 2 N–H and O–H groups in total. The second-order valence-corrected chi connectivity index (χ2v) is 7.24. The van der Waals surface area contributed by atoms with Gasteiger partial charge in [-0.05, 0) is 24.1 Å². The van der Waals surface area contributed by atoms with Gasteiger partial charge in [0.15, 0.2) is 6.61 Å². The number of hydrogen-bond donors (Lipinski definition) is 2. The summed E-state index contributed by atoms with van der Waals surface area (Å²) in [6.07, 6.45) is -4.19. The lowest BCUT2D eigenvalue weighted by Gasteiger charge is -2.13. The minimum atomic E-state index is -4.69. The van der Waals surface area contributed by atoms with Crippen LogP contribution >= 0.6 is 0 Å². The molecular weight excluding hydrogens is 431 g/mol. The minimum absolute atomic E-state index is 0.198. The van der Waals surface area contributed by atoms with Gasteiger partial charge in [0.2, 0.25) is 0 Å². The number of alkyl halides is 3. The van der Waals surface area contributed by atoms with Crippen LogP contribution in [-0.2, 0) is 27.0 Å².